The Morgan fingerprint density at radius 2 is 2.05 bits per heavy atom. The van der Waals surface area contributed by atoms with E-state index in [-0.39, 0.29) is 0 Å². The fourth-order valence-corrected chi connectivity index (χ4v) is 2.56. The van der Waals surface area contributed by atoms with Gasteiger partial charge in [-0.1, -0.05) is 0 Å². The first kappa shape index (κ1) is 15.4. The van der Waals surface area contributed by atoms with Crippen molar-refractivity contribution >= 4 is 28.1 Å². The summed E-state index contributed by atoms with van der Waals surface area (Å²) in [6.45, 7) is 3.85. The lowest BCUT2D eigenvalue weighted by atomic mass is 10.2. The van der Waals surface area contributed by atoms with Crippen LogP contribution in [0.2, 0.25) is 0 Å². The number of piperazine rings is 1. The first-order chi connectivity index (χ1) is 8.63. The van der Waals surface area contributed by atoms with Crippen LogP contribution in [-0.2, 0) is 24.5 Å². The molecular formula is C9H15N3O6S. The van der Waals surface area contributed by atoms with E-state index in [0.717, 1.165) is 0 Å². The lowest BCUT2D eigenvalue weighted by molar-refractivity contribution is -0.136. The summed E-state index contributed by atoms with van der Waals surface area (Å²) in [4.78, 5) is 33.8. The van der Waals surface area contributed by atoms with Crippen molar-refractivity contribution in [3.05, 3.63) is 0 Å². The van der Waals surface area contributed by atoms with Crippen LogP contribution < -0.4 is 10.0 Å². The Labute approximate surface area is 110 Å². The van der Waals surface area contributed by atoms with Gasteiger partial charge < -0.3 is 4.74 Å². The smallest absolute Gasteiger partial charge is 0.422 e. The highest BCUT2D eigenvalue weighted by Crippen LogP contribution is 2.09. The van der Waals surface area contributed by atoms with Gasteiger partial charge in [0.2, 0.25) is 11.8 Å². The van der Waals surface area contributed by atoms with Crippen LogP contribution in [0.5, 0.6) is 0 Å². The molecule has 0 aromatic heterocycles. The molecule has 0 radical (unpaired) electrons. The molecule has 2 N–H and O–H groups in total. The van der Waals surface area contributed by atoms with Gasteiger partial charge in [-0.3, -0.25) is 14.9 Å². The Balaban J connectivity index is 2.84. The molecule has 0 aromatic rings. The van der Waals surface area contributed by atoms with Gasteiger partial charge in [-0.15, -0.1) is 0 Å². The molecule has 1 unspecified atom stereocenters. The summed E-state index contributed by atoms with van der Waals surface area (Å²) in [6.07, 6.45) is -1.67. The average molecular weight is 293 g/mol. The number of nitrogens with zero attached hydrogens (tertiary/aromatic N) is 1. The number of hydrogen-bond acceptors (Lipinski definition) is 6. The topological polar surface area (TPSA) is 122 Å². The Bertz CT molecular complexity index is 500. The van der Waals surface area contributed by atoms with Gasteiger partial charge >= 0.3 is 16.3 Å². The van der Waals surface area contributed by atoms with Gasteiger partial charge in [-0.05, 0) is 20.8 Å². The summed E-state index contributed by atoms with van der Waals surface area (Å²) >= 11 is 0. The predicted octanol–water partition coefficient (Wildman–Crippen LogP) is -1.29. The SMILES string of the molecule is CC(C)OC(=O)NS(=O)(=O)N1CC(=O)NC(=O)C1C. The standard InChI is InChI=1S/C9H15N3O6S/c1-5(2)18-9(15)11-19(16,17)12-4-7(13)10-8(14)6(12)3/h5-6H,4H2,1-3H3,(H,11,15)(H,10,13,14). The van der Waals surface area contributed by atoms with Gasteiger partial charge in [0.05, 0.1) is 12.6 Å². The molecule has 1 atom stereocenters. The number of amides is 3. The van der Waals surface area contributed by atoms with Crippen molar-refractivity contribution in [2.24, 2.45) is 0 Å². The van der Waals surface area contributed by atoms with E-state index in [1.54, 1.807) is 18.6 Å². The third kappa shape index (κ3) is 3.89. The molecule has 3 amide bonds. The second kappa shape index (κ2) is 5.53. The zero-order valence-corrected chi connectivity index (χ0v) is 11.5. The van der Waals surface area contributed by atoms with Gasteiger partial charge in [0, 0.05) is 0 Å². The van der Waals surface area contributed by atoms with Crippen molar-refractivity contribution in [1.29, 1.82) is 0 Å². The number of imide groups is 1. The van der Waals surface area contributed by atoms with Gasteiger partial charge in [0.15, 0.2) is 0 Å². The van der Waals surface area contributed by atoms with Crippen molar-refractivity contribution < 1.29 is 27.5 Å². The van der Waals surface area contributed by atoms with Gasteiger partial charge in [-0.25, -0.2) is 9.52 Å². The minimum absolute atomic E-state index is 0.501. The molecule has 0 spiro atoms. The predicted molar refractivity (Wildman–Crippen MR) is 63.0 cm³/mol. The Morgan fingerprint density at radius 3 is 2.58 bits per heavy atom. The molecule has 1 aliphatic rings. The first-order valence-electron chi connectivity index (χ1n) is 5.47. The zero-order chi connectivity index (χ0) is 14.8. The number of ether oxygens (including phenoxy) is 1. The summed E-state index contributed by atoms with van der Waals surface area (Å²) < 4.78 is 30.6. The van der Waals surface area contributed by atoms with Gasteiger partial charge in [0.1, 0.15) is 6.04 Å². The number of carbonyl (C=O) groups is 3. The number of hydrogen-bond donors (Lipinski definition) is 2. The molecule has 1 fully saturated rings. The molecule has 9 nitrogen and oxygen atoms in total. The fraction of sp³-hybridized carbons (Fsp3) is 0.667. The third-order valence-corrected chi connectivity index (χ3v) is 3.72. The van der Waals surface area contributed by atoms with Crippen molar-refractivity contribution in [2.75, 3.05) is 6.54 Å². The van der Waals surface area contributed by atoms with Crippen LogP contribution in [0.4, 0.5) is 4.79 Å². The largest absolute Gasteiger partial charge is 0.446 e. The average Bonchev–Trinajstić information content (AvgIpc) is 2.20. The highest BCUT2D eigenvalue weighted by Gasteiger charge is 2.39. The van der Waals surface area contributed by atoms with E-state index in [4.69, 9.17) is 0 Å². The minimum atomic E-state index is -4.32. The Morgan fingerprint density at radius 1 is 1.47 bits per heavy atom. The maximum Gasteiger partial charge on any atom is 0.422 e. The highest BCUT2D eigenvalue weighted by atomic mass is 32.2. The second-order valence-corrected chi connectivity index (χ2v) is 5.82. The molecule has 0 bridgehead atoms. The van der Waals surface area contributed by atoms with E-state index in [0.29, 0.717) is 4.31 Å². The van der Waals surface area contributed by atoms with E-state index in [1.807, 2.05) is 5.32 Å². The van der Waals surface area contributed by atoms with E-state index >= 15 is 0 Å². The summed E-state index contributed by atoms with van der Waals surface area (Å²) in [5, 5.41) is 1.99. The van der Waals surface area contributed by atoms with Crippen LogP contribution in [0.25, 0.3) is 0 Å². The summed E-state index contributed by atoms with van der Waals surface area (Å²) in [5.41, 5.74) is 0. The lowest BCUT2D eigenvalue weighted by Gasteiger charge is -2.30. The molecule has 10 heteroatoms. The molecule has 0 aromatic carbocycles. The molecule has 1 saturated heterocycles. The van der Waals surface area contributed by atoms with Crippen LogP contribution in [0, 0.1) is 0 Å². The van der Waals surface area contributed by atoms with E-state index < -0.39 is 46.8 Å². The van der Waals surface area contributed by atoms with E-state index in [1.165, 1.54) is 6.92 Å². The monoisotopic (exact) mass is 293 g/mol. The maximum absolute atomic E-state index is 11.9. The van der Waals surface area contributed by atoms with Gasteiger partial charge in [0.25, 0.3) is 0 Å². The normalized spacial score (nSPS) is 21.2. The third-order valence-electron chi connectivity index (χ3n) is 2.24. The lowest BCUT2D eigenvalue weighted by Crippen LogP contribution is -2.61. The Kier molecular flexibility index (Phi) is 4.48. The first-order valence-corrected chi connectivity index (χ1v) is 6.91. The van der Waals surface area contributed by atoms with Crippen molar-refractivity contribution in [3.8, 4) is 0 Å². The van der Waals surface area contributed by atoms with Gasteiger partial charge in [-0.2, -0.15) is 12.7 Å². The molecule has 1 aliphatic heterocycles. The number of nitrogens with one attached hydrogen (secondary N) is 2. The number of rotatable bonds is 3. The van der Waals surface area contributed by atoms with E-state index in [2.05, 4.69) is 4.74 Å². The molecule has 1 rings (SSSR count). The van der Waals surface area contributed by atoms with Crippen LogP contribution in [0.3, 0.4) is 0 Å². The van der Waals surface area contributed by atoms with Crippen molar-refractivity contribution in [3.63, 3.8) is 0 Å². The highest BCUT2D eigenvalue weighted by molar-refractivity contribution is 7.87. The summed E-state index contributed by atoms with van der Waals surface area (Å²) in [6, 6.07) is -1.10. The van der Waals surface area contributed by atoms with Crippen LogP contribution in [0.1, 0.15) is 20.8 Å². The van der Waals surface area contributed by atoms with Crippen molar-refractivity contribution in [1.82, 2.24) is 14.3 Å². The number of carbonyl (C=O) groups excluding carboxylic acids is 3. The van der Waals surface area contributed by atoms with Crippen molar-refractivity contribution in [2.45, 2.75) is 32.9 Å². The van der Waals surface area contributed by atoms with E-state index in [9.17, 15) is 22.8 Å². The minimum Gasteiger partial charge on any atom is -0.446 e. The van der Waals surface area contributed by atoms with Crippen LogP contribution in [0.15, 0.2) is 0 Å². The van der Waals surface area contributed by atoms with Crippen LogP contribution in [-0.4, -0.2) is 49.3 Å². The summed E-state index contributed by atoms with van der Waals surface area (Å²) in [7, 11) is -4.32. The summed E-state index contributed by atoms with van der Waals surface area (Å²) in [5.74, 6) is -1.51. The molecule has 0 saturated carbocycles. The maximum atomic E-state index is 11.9. The Hall–Kier alpha value is -1.68. The molecular weight excluding hydrogens is 278 g/mol. The quantitative estimate of drug-likeness (QED) is 0.624. The van der Waals surface area contributed by atoms with Crippen LogP contribution >= 0.6 is 0 Å². The molecule has 19 heavy (non-hydrogen) atoms. The zero-order valence-electron chi connectivity index (χ0n) is 10.7. The molecule has 1 heterocycles. The molecule has 0 aliphatic carbocycles. The fourth-order valence-electron chi connectivity index (χ4n) is 1.39. The second-order valence-electron chi connectivity index (χ2n) is 4.19. The molecule has 108 valence electrons.